The van der Waals surface area contributed by atoms with E-state index in [1.807, 2.05) is 86.6 Å². The van der Waals surface area contributed by atoms with Crippen molar-refractivity contribution < 1.29 is 4.74 Å². The Morgan fingerprint density at radius 2 is 1.46 bits per heavy atom. The Morgan fingerprint density at radius 1 is 0.846 bits per heavy atom. The van der Waals surface area contributed by atoms with Gasteiger partial charge in [0.1, 0.15) is 10.8 Å². The highest BCUT2D eigenvalue weighted by Gasteiger charge is 2.07. The molecule has 0 radical (unpaired) electrons. The maximum atomic E-state index is 5.90. The minimum atomic E-state index is 0.857. The first kappa shape index (κ1) is 18.0. The first-order valence-electron chi connectivity index (χ1n) is 8.48. The van der Waals surface area contributed by atoms with Gasteiger partial charge >= 0.3 is 0 Å². The van der Waals surface area contributed by atoms with Crippen molar-refractivity contribution in [3.05, 3.63) is 102 Å². The summed E-state index contributed by atoms with van der Waals surface area (Å²) in [6.07, 6.45) is 1.78. The van der Waals surface area contributed by atoms with Crippen molar-refractivity contribution in [1.82, 2.24) is 0 Å². The van der Waals surface area contributed by atoms with Gasteiger partial charge in [0, 0.05) is 10.5 Å². The van der Waals surface area contributed by atoms with Gasteiger partial charge in [0.05, 0.1) is 11.9 Å². The molecule has 0 amide bonds. The second-order valence-corrected chi connectivity index (χ2v) is 6.91. The Bertz CT molecular complexity index is 902. The molecule has 0 aromatic heterocycles. The van der Waals surface area contributed by atoms with Gasteiger partial charge in [-0.25, -0.2) is 4.99 Å². The maximum Gasteiger partial charge on any atom is 0.129 e. The fourth-order valence-corrected chi connectivity index (χ4v) is 3.18. The third kappa shape index (κ3) is 5.11. The lowest BCUT2D eigenvalue weighted by Gasteiger charge is -2.09. The molecule has 0 N–H and O–H groups in total. The van der Waals surface area contributed by atoms with E-state index in [1.165, 1.54) is 0 Å². The molecule has 130 valence electrons. The summed E-state index contributed by atoms with van der Waals surface area (Å²) in [6.45, 7) is 4.06. The number of thioether (sulfide) groups is 1. The SMILES string of the molecule is CC(=COc1ccccc1C)/C(=N\c1ccccc1)Sc1ccccc1. The molecule has 0 saturated carbocycles. The van der Waals surface area contributed by atoms with Crippen LogP contribution in [-0.2, 0) is 0 Å². The van der Waals surface area contributed by atoms with E-state index in [2.05, 4.69) is 12.1 Å². The molecule has 0 fully saturated rings. The van der Waals surface area contributed by atoms with Gasteiger partial charge in [-0.2, -0.15) is 0 Å². The Morgan fingerprint density at radius 3 is 2.15 bits per heavy atom. The molecule has 3 rings (SSSR count). The van der Waals surface area contributed by atoms with Crippen molar-refractivity contribution in [2.45, 2.75) is 18.7 Å². The van der Waals surface area contributed by atoms with Crippen LogP contribution < -0.4 is 4.74 Å². The van der Waals surface area contributed by atoms with Gasteiger partial charge < -0.3 is 4.74 Å². The van der Waals surface area contributed by atoms with Crippen LogP contribution in [-0.4, -0.2) is 5.04 Å². The van der Waals surface area contributed by atoms with Gasteiger partial charge in [0.25, 0.3) is 0 Å². The number of ether oxygens (including phenoxy) is 1. The molecule has 3 aromatic rings. The summed E-state index contributed by atoms with van der Waals surface area (Å²) in [5, 5.41) is 0.913. The van der Waals surface area contributed by atoms with Crippen LogP contribution in [0.1, 0.15) is 12.5 Å². The number of hydrogen-bond donors (Lipinski definition) is 0. The van der Waals surface area contributed by atoms with Crippen LogP contribution in [0.25, 0.3) is 0 Å². The normalized spacial score (nSPS) is 12.1. The lowest BCUT2D eigenvalue weighted by atomic mass is 10.2. The van der Waals surface area contributed by atoms with Crippen LogP contribution in [0.2, 0.25) is 0 Å². The number of para-hydroxylation sites is 2. The van der Waals surface area contributed by atoms with Gasteiger partial charge in [-0.05, 0) is 49.7 Å². The smallest absolute Gasteiger partial charge is 0.129 e. The molecular formula is C23H21NOS. The van der Waals surface area contributed by atoms with E-state index < -0.39 is 0 Å². The summed E-state index contributed by atoms with van der Waals surface area (Å²) in [6, 6.07) is 28.2. The highest BCUT2D eigenvalue weighted by Crippen LogP contribution is 2.27. The van der Waals surface area contributed by atoms with Crippen molar-refractivity contribution in [2.24, 2.45) is 4.99 Å². The fraction of sp³-hybridized carbons (Fsp3) is 0.0870. The van der Waals surface area contributed by atoms with Crippen molar-refractivity contribution in [1.29, 1.82) is 0 Å². The lowest BCUT2D eigenvalue weighted by Crippen LogP contribution is -1.97. The van der Waals surface area contributed by atoms with Crippen LogP contribution in [0.5, 0.6) is 5.75 Å². The largest absolute Gasteiger partial charge is 0.464 e. The highest BCUT2D eigenvalue weighted by atomic mass is 32.2. The Hall–Kier alpha value is -2.78. The Labute approximate surface area is 159 Å². The van der Waals surface area contributed by atoms with E-state index in [9.17, 15) is 0 Å². The van der Waals surface area contributed by atoms with Crippen molar-refractivity contribution in [3.8, 4) is 5.75 Å². The van der Waals surface area contributed by atoms with E-state index in [0.29, 0.717) is 0 Å². The highest BCUT2D eigenvalue weighted by molar-refractivity contribution is 8.14. The molecule has 0 spiro atoms. The van der Waals surface area contributed by atoms with E-state index >= 15 is 0 Å². The molecule has 0 heterocycles. The van der Waals surface area contributed by atoms with Gasteiger partial charge in [0.15, 0.2) is 0 Å². The van der Waals surface area contributed by atoms with Crippen LogP contribution in [0.4, 0.5) is 5.69 Å². The summed E-state index contributed by atoms with van der Waals surface area (Å²) in [4.78, 5) is 5.96. The average Bonchev–Trinajstić information content (AvgIpc) is 2.68. The summed E-state index contributed by atoms with van der Waals surface area (Å²) < 4.78 is 5.90. The molecule has 2 nitrogen and oxygen atoms in total. The summed E-state index contributed by atoms with van der Waals surface area (Å²) in [5.41, 5.74) is 3.01. The summed E-state index contributed by atoms with van der Waals surface area (Å²) >= 11 is 1.63. The predicted molar refractivity (Wildman–Crippen MR) is 111 cm³/mol. The summed E-state index contributed by atoms with van der Waals surface area (Å²) in [5.74, 6) is 0.857. The van der Waals surface area contributed by atoms with Gasteiger partial charge in [-0.15, -0.1) is 0 Å². The molecule has 0 aliphatic heterocycles. The molecular weight excluding hydrogens is 338 g/mol. The molecule has 3 aromatic carbocycles. The topological polar surface area (TPSA) is 21.6 Å². The zero-order chi connectivity index (χ0) is 18.2. The average molecular weight is 359 g/mol. The predicted octanol–water partition coefficient (Wildman–Crippen LogP) is 6.80. The number of hydrogen-bond acceptors (Lipinski definition) is 3. The van der Waals surface area contributed by atoms with Crippen LogP contribution in [0, 0.1) is 6.92 Å². The second-order valence-electron chi connectivity index (χ2n) is 5.85. The quantitative estimate of drug-likeness (QED) is 0.216. The fourth-order valence-electron chi connectivity index (χ4n) is 2.30. The molecule has 0 unspecified atom stereocenters. The molecule has 0 aliphatic rings. The number of nitrogens with zero attached hydrogens (tertiary/aromatic N) is 1. The zero-order valence-corrected chi connectivity index (χ0v) is 15.7. The van der Waals surface area contributed by atoms with Crippen molar-refractivity contribution in [2.75, 3.05) is 0 Å². The first-order valence-corrected chi connectivity index (χ1v) is 9.30. The summed E-state index contributed by atoms with van der Waals surface area (Å²) in [7, 11) is 0. The molecule has 3 heteroatoms. The second kappa shape index (κ2) is 9.07. The van der Waals surface area contributed by atoms with Crippen LogP contribution in [0.3, 0.4) is 0 Å². The van der Waals surface area contributed by atoms with Gasteiger partial charge in [-0.3, -0.25) is 0 Å². The van der Waals surface area contributed by atoms with Crippen molar-refractivity contribution >= 4 is 22.5 Å². The first-order chi connectivity index (χ1) is 12.7. The number of aryl methyl sites for hydroxylation is 1. The minimum Gasteiger partial charge on any atom is -0.464 e. The van der Waals surface area contributed by atoms with E-state index in [4.69, 9.17) is 9.73 Å². The monoisotopic (exact) mass is 359 g/mol. The Balaban J connectivity index is 1.88. The van der Waals surface area contributed by atoms with Crippen molar-refractivity contribution in [3.63, 3.8) is 0 Å². The van der Waals surface area contributed by atoms with Gasteiger partial charge in [0.2, 0.25) is 0 Å². The number of rotatable bonds is 5. The van der Waals surface area contributed by atoms with Crippen LogP contribution >= 0.6 is 11.8 Å². The van der Waals surface area contributed by atoms with E-state index in [0.717, 1.165) is 32.5 Å². The molecule has 26 heavy (non-hydrogen) atoms. The standard InChI is InChI=1S/C23H21NOS/c1-18-11-9-10-16-22(18)25-17-19(2)23(24-20-12-5-3-6-13-20)26-21-14-7-4-8-15-21/h3-17H,1-2H3/b19-17?,24-23+. The lowest BCUT2D eigenvalue weighted by molar-refractivity contribution is 0.474. The van der Waals surface area contributed by atoms with Gasteiger partial charge in [-0.1, -0.05) is 66.4 Å². The molecule has 0 atom stereocenters. The van der Waals surface area contributed by atoms with Crippen LogP contribution in [0.15, 0.2) is 107 Å². The third-order valence-corrected chi connectivity index (χ3v) is 4.85. The Kier molecular flexibility index (Phi) is 6.29. The molecule has 0 saturated heterocycles. The molecule has 0 bridgehead atoms. The number of aliphatic imine (C=N–C) groups is 1. The zero-order valence-electron chi connectivity index (χ0n) is 14.9. The number of benzene rings is 3. The van der Waals surface area contributed by atoms with E-state index in [-0.39, 0.29) is 0 Å². The molecule has 0 aliphatic carbocycles. The maximum absolute atomic E-state index is 5.90. The minimum absolute atomic E-state index is 0.857. The van der Waals surface area contributed by atoms with E-state index in [1.54, 1.807) is 18.0 Å². The third-order valence-electron chi connectivity index (χ3n) is 3.74.